The first-order valence-electron chi connectivity index (χ1n) is 27.0. The molecule has 0 radical (unpaired) electrons. The zero-order valence-corrected chi connectivity index (χ0v) is 44.7. The number of fused-ring (bicyclic) bond motifs is 2. The fourth-order valence-corrected chi connectivity index (χ4v) is 10.6. The highest BCUT2D eigenvalue weighted by molar-refractivity contribution is 6.03. The SMILES string of the molecule is C=CCO[C@@]12Oc3ccc(OC(=O)Nc4ccc(OC)cc4OC)cc3[C@H]3[C@H](CCCCO)[C@@H](CCCCO)C=C(C(=NOC(C)(C)C)C[C@@H]1N(CCOCCO)C(=O)OCCCCCCCCCCCC)[C@H]32. The van der Waals surface area contributed by atoms with Crippen molar-refractivity contribution >= 4 is 23.6 Å². The molecule has 2 amide bonds. The Morgan fingerprint density at radius 3 is 2.21 bits per heavy atom. The third-order valence-electron chi connectivity index (χ3n) is 14.0. The average Bonchev–Trinajstić information content (AvgIpc) is 3.37. The van der Waals surface area contributed by atoms with Crippen molar-refractivity contribution in [1.82, 2.24) is 4.90 Å². The van der Waals surface area contributed by atoms with Crippen molar-refractivity contribution in [3.8, 4) is 23.0 Å². The Balaban J connectivity index is 1.62. The number of unbranched alkanes of at least 4 members (excludes halogenated alkanes) is 11. The Morgan fingerprint density at radius 1 is 0.849 bits per heavy atom. The number of oxime groups is 1. The molecule has 408 valence electrons. The van der Waals surface area contributed by atoms with Crippen LogP contribution < -0.4 is 24.3 Å². The van der Waals surface area contributed by atoms with Crippen molar-refractivity contribution in [3.05, 3.63) is 66.3 Å². The summed E-state index contributed by atoms with van der Waals surface area (Å²) in [6, 6.07) is 9.50. The lowest BCUT2D eigenvalue weighted by Gasteiger charge is -2.59. The minimum Gasteiger partial charge on any atom is -0.497 e. The summed E-state index contributed by atoms with van der Waals surface area (Å²) in [5, 5.41) is 37.5. The molecule has 2 aliphatic carbocycles. The van der Waals surface area contributed by atoms with E-state index < -0.39 is 35.5 Å². The van der Waals surface area contributed by atoms with Crippen LogP contribution >= 0.6 is 0 Å². The molecule has 73 heavy (non-hydrogen) atoms. The van der Waals surface area contributed by atoms with Gasteiger partial charge >= 0.3 is 12.2 Å². The molecule has 1 saturated carbocycles. The summed E-state index contributed by atoms with van der Waals surface area (Å²) in [5.74, 6) is -0.934. The van der Waals surface area contributed by atoms with E-state index in [9.17, 15) is 24.9 Å². The first-order valence-corrected chi connectivity index (χ1v) is 27.0. The van der Waals surface area contributed by atoms with Gasteiger partial charge in [-0.1, -0.05) is 94.9 Å². The summed E-state index contributed by atoms with van der Waals surface area (Å²) in [6.45, 7) is 12.6. The van der Waals surface area contributed by atoms with Gasteiger partial charge in [0.15, 0.2) is 0 Å². The van der Waals surface area contributed by atoms with Crippen molar-refractivity contribution in [2.45, 2.75) is 160 Å². The van der Waals surface area contributed by atoms with Crippen molar-refractivity contribution in [2.75, 3.05) is 72.3 Å². The maximum atomic E-state index is 14.8. The van der Waals surface area contributed by atoms with Crippen LogP contribution in [0, 0.1) is 17.8 Å². The molecule has 2 aromatic rings. The molecular formula is C57H87N3O13. The molecule has 2 aromatic carbocycles. The van der Waals surface area contributed by atoms with E-state index in [-0.39, 0.29) is 82.7 Å². The number of methoxy groups -OCH3 is 2. The smallest absolute Gasteiger partial charge is 0.417 e. The monoisotopic (exact) mass is 1020 g/mol. The van der Waals surface area contributed by atoms with Crippen molar-refractivity contribution in [3.63, 3.8) is 0 Å². The number of aliphatic hydroxyl groups is 3. The molecule has 4 N–H and O–H groups in total. The predicted molar refractivity (Wildman–Crippen MR) is 283 cm³/mol. The van der Waals surface area contributed by atoms with Crippen molar-refractivity contribution in [2.24, 2.45) is 22.9 Å². The molecule has 0 aromatic heterocycles. The topological polar surface area (TPSA) is 196 Å². The van der Waals surface area contributed by atoms with E-state index in [0.717, 1.165) is 56.1 Å². The molecule has 6 atom stereocenters. The third-order valence-corrected chi connectivity index (χ3v) is 14.0. The zero-order valence-electron chi connectivity index (χ0n) is 44.7. The quantitative estimate of drug-likeness (QED) is 0.0300. The molecule has 1 heterocycles. The van der Waals surface area contributed by atoms with Gasteiger partial charge in [0.1, 0.15) is 34.6 Å². The number of carbonyl (C=O) groups is 2. The molecule has 0 unspecified atom stereocenters. The second-order valence-corrected chi connectivity index (χ2v) is 20.4. The van der Waals surface area contributed by atoms with Crippen molar-refractivity contribution < 1.29 is 62.9 Å². The highest BCUT2D eigenvalue weighted by Crippen LogP contribution is 2.62. The van der Waals surface area contributed by atoms with Crippen LogP contribution in [0.1, 0.15) is 148 Å². The van der Waals surface area contributed by atoms with Gasteiger partial charge in [-0.15, -0.1) is 6.58 Å². The van der Waals surface area contributed by atoms with Crippen LogP contribution in [0.2, 0.25) is 0 Å². The number of hydrogen-bond acceptors (Lipinski definition) is 14. The number of anilines is 1. The van der Waals surface area contributed by atoms with E-state index in [1.54, 1.807) is 48.4 Å². The molecule has 0 spiro atoms. The first-order chi connectivity index (χ1) is 35.4. The van der Waals surface area contributed by atoms with E-state index >= 15 is 0 Å². The average molecular weight is 1020 g/mol. The third kappa shape index (κ3) is 16.8. The zero-order chi connectivity index (χ0) is 52.6. The first kappa shape index (κ1) is 59.0. The number of benzene rings is 2. The Hall–Kier alpha value is -4.87. The van der Waals surface area contributed by atoms with Gasteiger partial charge in [-0.05, 0) is 101 Å². The van der Waals surface area contributed by atoms with Crippen LogP contribution in [0.25, 0.3) is 0 Å². The number of carbonyl (C=O) groups excluding carboxylic acids is 2. The van der Waals surface area contributed by atoms with Crippen LogP contribution in [-0.4, -0.2) is 123 Å². The minimum atomic E-state index is -1.55. The lowest BCUT2D eigenvalue weighted by Crippen LogP contribution is -2.70. The van der Waals surface area contributed by atoms with E-state index in [4.69, 9.17) is 43.2 Å². The van der Waals surface area contributed by atoms with E-state index in [0.29, 0.717) is 47.9 Å². The fraction of sp³-hybridized carbons (Fsp3) is 0.667. The molecule has 16 heteroatoms. The predicted octanol–water partition coefficient (Wildman–Crippen LogP) is 11.1. The molecule has 16 nitrogen and oxygen atoms in total. The van der Waals surface area contributed by atoms with Crippen LogP contribution in [0.15, 0.2) is 65.9 Å². The molecule has 5 rings (SSSR count). The molecule has 3 aliphatic rings. The number of nitrogens with one attached hydrogen (secondary N) is 1. The maximum absolute atomic E-state index is 14.8. The van der Waals surface area contributed by atoms with Crippen LogP contribution in [0.4, 0.5) is 15.3 Å². The second kappa shape index (κ2) is 30.5. The lowest BCUT2D eigenvalue weighted by atomic mass is 9.55. The number of allylic oxidation sites excluding steroid dienone is 1. The standard InChI is InChI=1S/C57H87N3O13/c1-8-10-11-12-13-14-15-16-17-22-34-69-55(65)60(29-35-68-36-32-63)51-40-48(59-73-56(3,4)5)45-37-41(23-18-20-30-61)44(24-19-21-31-62)52-46-38-43(26-28-49(46)72-57(51,53(45)52)70-33-9-2)71-54(64)58-47-27-25-42(66-6)39-50(47)67-7/h9,25-28,37-39,41,44,51-53,61-63H,2,8,10-24,29-36,40H2,1,3-7H3,(H,58,64)/t41-,44+,51-,52+,53+,57+/m0/s1. The van der Waals surface area contributed by atoms with Gasteiger partial charge in [-0.25, -0.2) is 9.59 Å². The highest BCUT2D eigenvalue weighted by Gasteiger charge is 2.65. The minimum absolute atomic E-state index is 0.0228. The van der Waals surface area contributed by atoms with Gasteiger partial charge in [-0.3, -0.25) is 10.2 Å². The number of aliphatic hydroxyl groups excluding tert-OH is 3. The van der Waals surface area contributed by atoms with E-state index in [1.165, 1.54) is 45.6 Å². The van der Waals surface area contributed by atoms with Crippen molar-refractivity contribution in [1.29, 1.82) is 0 Å². The van der Waals surface area contributed by atoms with Gasteiger partial charge in [0.2, 0.25) is 5.79 Å². The summed E-state index contributed by atoms with van der Waals surface area (Å²) >= 11 is 0. The highest BCUT2D eigenvalue weighted by atomic mass is 16.7. The largest absolute Gasteiger partial charge is 0.497 e. The van der Waals surface area contributed by atoms with Crippen LogP contribution in [0.3, 0.4) is 0 Å². The number of ether oxygens (including phenoxy) is 7. The molecule has 1 fully saturated rings. The summed E-state index contributed by atoms with van der Waals surface area (Å²) in [4.78, 5) is 36.4. The molecule has 0 bridgehead atoms. The van der Waals surface area contributed by atoms with Gasteiger partial charge in [0.25, 0.3) is 0 Å². The fourth-order valence-electron chi connectivity index (χ4n) is 10.6. The van der Waals surface area contributed by atoms with E-state index in [1.807, 2.05) is 26.8 Å². The second-order valence-electron chi connectivity index (χ2n) is 20.4. The van der Waals surface area contributed by atoms with E-state index in [2.05, 4.69) is 24.9 Å². The number of amides is 2. The number of hydrogen-bond donors (Lipinski definition) is 4. The summed E-state index contributed by atoms with van der Waals surface area (Å²) < 4.78 is 43.4. The van der Waals surface area contributed by atoms with Crippen LogP contribution in [0.5, 0.6) is 23.0 Å². The Bertz CT molecular complexity index is 2070. The van der Waals surface area contributed by atoms with Gasteiger partial charge in [-0.2, -0.15) is 0 Å². The number of rotatable bonds is 33. The Morgan fingerprint density at radius 2 is 1.55 bits per heavy atom. The summed E-state index contributed by atoms with van der Waals surface area (Å²) in [5.41, 5.74) is 1.99. The van der Waals surface area contributed by atoms with Gasteiger partial charge in [0.05, 0.1) is 64.6 Å². The van der Waals surface area contributed by atoms with Crippen LogP contribution in [-0.2, 0) is 19.0 Å². The number of nitrogens with zero attached hydrogens (tertiary/aromatic N) is 2. The molecule has 0 saturated heterocycles. The summed E-state index contributed by atoms with van der Waals surface area (Å²) in [6.07, 6.45) is 18.4. The van der Waals surface area contributed by atoms with Gasteiger partial charge < -0.3 is 53.3 Å². The lowest BCUT2D eigenvalue weighted by molar-refractivity contribution is -0.256. The molecular weight excluding hydrogens is 935 g/mol. The molecule has 1 aliphatic heterocycles. The Labute approximate surface area is 434 Å². The van der Waals surface area contributed by atoms with Gasteiger partial charge in [0, 0.05) is 43.7 Å². The summed E-state index contributed by atoms with van der Waals surface area (Å²) in [7, 11) is 3.05. The normalized spacial score (nSPS) is 21.5. The Kier molecular flexibility index (Phi) is 24.6. The maximum Gasteiger partial charge on any atom is 0.417 e.